The van der Waals surface area contributed by atoms with Crippen molar-refractivity contribution >= 4 is 28.5 Å². The van der Waals surface area contributed by atoms with Crippen LogP contribution in [0.1, 0.15) is 13.3 Å². The van der Waals surface area contributed by atoms with Crippen LogP contribution in [0.25, 0.3) is 10.9 Å². The molecule has 0 aliphatic heterocycles. The van der Waals surface area contributed by atoms with Crippen molar-refractivity contribution in [3.63, 3.8) is 0 Å². The van der Waals surface area contributed by atoms with Crippen molar-refractivity contribution in [3.05, 3.63) is 30.6 Å². The number of nitrogens with zero attached hydrogens (tertiary/aromatic N) is 2. The summed E-state index contributed by atoms with van der Waals surface area (Å²) < 4.78 is 0. The van der Waals surface area contributed by atoms with E-state index in [1.165, 1.54) is 11.8 Å². The first-order valence-corrected chi connectivity index (χ1v) is 6.30. The molecule has 1 unspecified atom stereocenters. The maximum absolute atomic E-state index is 7.52. The van der Waals surface area contributed by atoms with Gasteiger partial charge in [0.25, 0.3) is 0 Å². The average Bonchev–Trinajstić information content (AvgIpc) is 2.35. The fourth-order valence-corrected chi connectivity index (χ4v) is 2.55. The highest BCUT2D eigenvalue weighted by atomic mass is 32.2. The highest BCUT2D eigenvalue weighted by molar-refractivity contribution is 8.00. The molecule has 0 fully saturated rings. The van der Waals surface area contributed by atoms with E-state index in [1.807, 2.05) is 31.2 Å². The fourth-order valence-electron chi connectivity index (χ4n) is 1.58. The molecule has 5 heteroatoms. The number of hydrogen-bond donors (Lipinski definition) is 2. The van der Waals surface area contributed by atoms with E-state index in [0.29, 0.717) is 0 Å². The molecule has 2 aromatic rings. The summed E-state index contributed by atoms with van der Waals surface area (Å²) in [7, 11) is 0. The Kier molecular flexibility index (Phi) is 3.58. The van der Waals surface area contributed by atoms with E-state index in [2.05, 4.69) is 9.97 Å². The summed E-state index contributed by atoms with van der Waals surface area (Å²) >= 11 is 1.53. The van der Waals surface area contributed by atoms with Crippen LogP contribution in [0.15, 0.2) is 35.6 Å². The van der Waals surface area contributed by atoms with Gasteiger partial charge in [-0.3, -0.25) is 5.41 Å². The van der Waals surface area contributed by atoms with Crippen molar-refractivity contribution < 1.29 is 0 Å². The Bertz CT molecular complexity index is 536. The summed E-state index contributed by atoms with van der Waals surface area (Å²) in [6.07, 6.45) is 2.37. The number of amidine groups is 1. The molecular weight excluding hydrogens is 232 g/mol. The molecule has 1 aromatic carbocycles. The van der Waals surface area contributed by atoms with Crippen LogP contribution in [0.3, 0.4) is 0 Å². The van der Waals surface area contributed by atoms with Gasteiger partial charge in [0.2, 0.25) is 0 Å². The lowest BCUT2D eigenvalue weighted by molar-refractivity contribution is 0.984. The van der Waals surface area contributed by atoms with E-state index in [4.69, 9.17) is 11.1 Å². The molecule has 0 saturated carbocycles. The van der Waals surface area contributed by atoms with Gasteiger partial charge in [0, 0.05) is 5.39 Å². The van der Waals surface area contributed by atoms with Crippen LogP contribution < -0.4 is 5.73 Å². The van der Waals surface area contributed by atoms with Gasteiger partial charge in [0.1, 0.15) is 17.2 Å². The van der Waals surface area contributed by atoms with E-state index in [-0.39, 0.29) is 11.1 Å². The summed E-state index contributed by atoms with van der Waals surface area (Å²) in [4.78, 5) is 8.49. The zero-order valence-corrected chi connectivity index (χ0v) is 10.4. The molecule has 0 bridgehead atoms. The summed E-state index contributed by atoms with van der Waals surface area (Å²) in [6, 6.07) is 7.86. The first-order chi connectivity index (χ1) is 8.22. The number of aromatic nitrogens is 2. The number of hydrogen-bond acceptors (Lipinski definition) is 4. The largest absolute Gasteiger partial charge is 0.387 e. The Morgan fingerprint density at radius 1 is 1.41 bits per heavy atom. The maximum Gasteiger partial charge on any atom is 0.117 e. The first-order valence-electron chi connectivity index (χ1n) is 5.42. The van der Waals surface area contributed by atoms with Crippen molar-refractivity contribution in [2.24, 2.45) is 5.73 Å². The van der Waals surface area contributed by atoms with Gasteiger partial charge >= 0.3 is 0 Å². The van der Waals surface area contributed by atoms with E-state index < -0.39 is 0 Å². The number of rotatable bonds is 4. The second kappa shape index (κ2) is 5.14. The molecule has 2 rings (SSSR count). The lowest BCUT2D eigenvalue weighted by Crippen LogP contribution is -2.24. The SMILES string of the molecule is CCC(Sc1ncnc2ccccc12)C(=N)N. The fraction of sp³-hybridized carbons (Fsp3) is 0.250. The smallest absolute Gasteiger partial charge is 0.117 e. The van der Waals surface area contributed by atoms with Crippen molar-refractivity contribution in [1.29, 1.82) is 5.41 Å². The molecule has 1 aromatic heterocycles. The molecule has 0 aliphatic rings. The monoisotopic (exact) mass is 246 g/mol. The van der Waals surface area contributed by atoms with Crippen molar-refractivity contribution in [2.75, 3.05) is 0 Å². The summed E-state index contributed by atoms with van der Waals surface area (Å²) in [6.45, 7) is 2.02. The summed E-state index contributed by atoms with van der Waals surface area (Å²) in [5.74, 6) is 0.195. The third kappa shape index (κ3) is 2.55. The number of nitrogens with two attached hydrogens (primary N) is 1. The molecular formula is C12H14N4S. The van der Waals surface area contributed by atoms with Crippen LogP contribution in [0.2, 0.25) is 0 Å². The third-order valence-corrected chi connectivity index (χ3v) is 3.90. The minimum Gasteiger partial charge on any atom is -0.387 e. The first kappa shape index (κ1) is 11.9. The highest BCUT2D eigenvalue weighted by Crippen LogP contribution is 2.28. The molecule has 0 spiro atoms. The Balaban J connectivity index is 2.38. The van der Waals surface area contributed by atoms with E-state index in [1.54, 1.807) is 6.33 Å². The number of thioether (sulfide) groups is 1. The van der Waals surface area contributed by atoms with Crippen molar-refractivity contribution in [2.45, 2.75) is 23.6 Å². The van der Waals surface area contributed by atoms with Crippen molar-refractivity contribution in [1.82, 2.24) is 9.97 Å². The molecule has 1 atom stereocenters. The maximum atomic E-state index is 7.52. The van der Waals surface area contributed by atoms with Gasteiger partial charge in [-0.2, -0.15) is 0 Å². The van der Waals surface area contributed by atoms with Crippen LogP contribution in [0.4, 0.5) is 0 Å². The summed E-state index contributed by atoms with van der Waals surface area (Å²) in [5.41, 5.74) is 6.48. The normalized spacial score (nSPS) is 12.5. The molecule has 0 radical (unpaired) electrons. The summed E-state index contributed by atoms with van der Waals surface area (Å²) in [5, 5.41) is 9.40. The third-order valence-electron chi connectivity index (χ3n) is 2.48. The van der Waals surface area contributed by atoms with Crippen molar-refractivity contribution in [3.8, 4) is 0 Å². The van der Waals surface area contributed by atoms with Crippen LogP contribution in [0.5, 0.6) is 0 Å². The molecule has 4 nitrogen and oxygen atoms in total. The Hall–Kier alpha value is -1.62. The highest BCUT2D eigenvalue weighted by Gasteiger charge is 2.14. The van der Waals surface area contributed by atoms with Gasteiger partial charge in [-0.05, 0) is 12.5 Å². The molecule has 17 heavy (non-hydrogen) atoms. The molecule has 0 amide bonds. The predicted molar refractivity (Wildman–Crippen MR) is 71.4 cm³/mol. The molecule has 1 heterocycles. The number of nitrogens with one attached hydrogen (secondary N) is 1. The van der Waals surface area contributed by atoms with Gasteiger partial charge in [0.05, 0.1) is 10.8 Å². The second-order valence-electron chi connectivity index (χ2n) is 3.67. The van der Waals surface area contributed by atoms with Gasteiger partial charge in [0.15, 0.2) is 0 Å². The zero-order valence-electron chi connectivity index (χ0n) is 9.55. The molecule has 0 saturated heterocycles. The Labute approximate surface area is 104 Å². The minimum atomic E-state index is -0.0201. The second-order valence-corrected chi connectivity index (χ2v) is 4.86. The van der Waals surface area contributed by atoms with Gasteiger partial charge in [-0.1, -0.05) is 36.9 Å². The minimum absolute atomic E-state index is 0.0201. The number of para-hydroxylation sites is 1. The van der Waals surface area contributed by atoms with Crippen LogP contribution in [0, 0.1) is 5.41 Å². The van der Waals surface area contributed by atoms with Crippen LogP contribution in [-0.2, 0) is 0 Å². The van der Waals surface area contributed by atoms with Gasteiger partial charge < -0.3 is 5.73 Å². The van der Waals surface area contributed by atoms with Crippen LogP contribution >= 0.6 is 11.8 Å². The molecule has 88 valence electrons. The van der Waals surface area contributed by atoms with Gasteiger partial charge in [-0.15, -0.1) is 0 Å². The standard InChI is InChI=1S/C12H14N4S/c1-2-10(11(13)14)17-12-8-5-3-4-6-9(8)15-7-16-12/h3-7,10H,2H2,1H3,(H3,13,14). The van der Waals surface area contributed by atoms with Gasteiger partial charge in [-0.25, -0.2) is 9.97 Å². The lowest BCUT2D eigenvalue weighted by Gasteiger charge is -2.12. The van der Waals surface area contributed by atoms with E-state index in [0.717, 1.165) is 22.3 Å². The van der Waals surface area contributed by atoms with E-state index in [9.17, 15) is 0 Å². The predicted octanol–water partition coefficient (Wildman–Crippen LogP) is 2.44. The Morgan fingerprint density at radius 2 is 2.18 bits per heavy atom. The Morgan fingerprint density at radius 3 is 2.88 bits per heavy atom. The lowest BCUT2D eigenvalue weighted by atomic mass is 10.2. The topological polar surface area (TPSA) is 75.7 Å². The van der Waals surface area contributed by atoms with E-state index >= 15 is 0 Å². The van der Waals surface area contributed by atoms with Crippen LogP contribution in [-0.4, -0.2) is 21.1 Å². The number of benzene rings is 1. The molecule has 0 aliphatic carbocycles. The number of fused-ring (bicyclic) bond motifs is 1. The zero-order chi connectivity index (χ0) is 12.3. The quantitative estimate of drug-likeness (QED) is 0.376. The average molecular weight is 246 g/mol. The molecule has 3 N–H and O–H groups in total.